The second-order valence-electron chi connectivity index (χ2n) is 6.22. The fraction of sp³-hybridized carbons (Fsp3) is 0.263. The number of aromatic nitrogens is 1. The van der Waals surface area contributed by atoms with Gasteiger partial charge >= 0.3 is 0 Å². The Bertz CT molecular complexity index is 801. The van der Waals surface area contributed by atoms with Gasteiger partial charge in [-0.15, -0.1) is 0 Å². The first-order chi connectivity index (χ1) is 12.3. The van der Waals surface area contributed by atoms with Crippen molar-refractivity contribution in [2.24, 2.45) is 5.92 Å². The third-order valence-corrected chi connectivity index (χ3v) is 3.35. The van der Waals surface area contributed by atoms with Gasteiger partial charge in [-0.2, -0.15) is 0 Å². The molecule has 0 aliphatic heterocycles. The van der Waals surface area contributed by atoms with E-state index in [0.29, 0.717) is 23.8 Å². The van der Waals surface area contributed by atoms with Crippen LogP contribution in [0.2, 0.25) is 0 Å². The summed E-state index contributed by atoms with van der Waals surface area (Å²) in [5.74, 6) is -0.576. The first-order valence-electron chi connectivity index (χ1n) is 8.29. The normalized spacial score (nSPS) is 10.3. The molecule has 7 nitrogen and oxygen atoms in total. The monoisotopic (exact) mass is 354 g/mol. The predicted octanol–water partition coefficient (Wildman–Crippen LogP) is 2.68. The second-order valence-corrected chi connectivity index (χ2v) is 6.22. The van der Waals surface area contributed by atoms with E-state index in [1.165, 1.54) is 6.92 Å². The molecule has 26 heavy (non-hydrogen) atoms. The molecule has 0 radical (unpaired) electrons. The Balaban J connectivity index is 2.04. The van der Waals surface area contributed by atoms with Crippen molar-refractivity contribution in [3.8, 4) is 0 Å². The molecule has 0 unspecified atom stereocenters. The number of hydrogen-bond donors (Lipinski definition) is 3. The fourth-order valence-corrected chi connectivity index (χ4v) is 2.11. The van der Waals surface area contributed by atoms with Gasteiger partial charge in [0.2, 0.25) is 5.91 Å². The van der Waals surface area contributed by atoms with Gasteiger partial charge in [0.05, 0.1) is 0 Å². The van der Waals surface area contributed by atoms with E-state index in [4.69, 9.17) is 0 Å². The number of carbonyl (C=O) groups excluding carboxylic acids is 3. The van der Waals surface area contributed by atoms with E-state index < -0.39 is 5.91 Å². The van der Waals surface area contributed by atoms with E-state index in [1.807, 2.05) is 13.8 Å². The third-order valence-electron chi connectivity index (χ3n) is 3.35. The highest BCUT2D eigenvalue weighted by atomic mass is 16.2. The van der Waals surface area contributed by atoms with Gasteiger partial charge in [0, 0.05) is 24.8 Å². The smallest absolute Gasteiger partial charge is 0.274 e. The minimum absolute atomic E-state index is 0.146. The number of anilines is 2. The maximum absolute atomic E-state index is 12.3. The summed E-state index contributed by atoms with van der Waals surface area (Å²) >= 11 is 0. The van der Waals surface area contributed by atoms with Crippen LogP contribution in [0.3, 0.4) is 0 Å². The van der Waals surface area contributed by atoms with E-state index in [9.17, 15) is 14.4 Å². The average molecular weight is 354 g/mol. The Morgan fingerprint density at radius 1 is 0.885 bits per heavy atom. The highest BCUT2D eigenvalue weighted by Crippen LogP contribution is 2.14. The van der Waals surface area contributed by atoms with Gasteiger partial charge in [0.1, 0.15) is 11.4 Å². The number of nitrogens with zero attached hydrogens (tertiary/aromatic N) is 1. The lowest BCUT2D eigenvalue weighted by Gasteiger charge is -2.09. The van der Waals surface area contributed by atoms with Crippen molar-refractivity contribution in [1.29, 1.82) is 0 Å². The van der Waals surface area contributed by atoms with E-state index in [-0.39, 0.29) is 23.2 Å². The van der Waals surface area contributed by atoms with Crippen molar-refractivity contribution in [2.45, 2.75) is 20.8 Å². The first kappa shape index (κ1) is 19.1. The molecule has 0 saturated heterocycles. The van der Waals surface area contributed by atoms with Crippen molar-refractivity contribution in [3.63, 3.8) is 0 Å². The molecule has 0 aliphatic carbocycles. The van der Waals surface area contributed by atoms with Crippen LogP contribution in [0.15, 0.2) is 42.5 Å². The Morgan fingerprint density at radius 2 is 1.42 bits per heavy atom. The molecule has 136 valence electrons. The quantitative estimate of drug-likeness (QED) is 0.742. The molecule has 2 aromatic rings. The average Bonchev–Trinajstić information content (AvgIpc) is 2.61. The molecular weight excluding hydrogens is 332 g/mol. The van der Waals surface area contributed by atoms with Crippen molar-refractivity contribution in [2.75, 3.05) is 17.2 Å². The van der Waals surface area contributed by atoms with Gasteiger partial charge in [-0.05, 0) is 42.3 Å². The van der Waals surface area contributed by atoms with Crippen LogP contribution in [0.1, 0.15) is 41.7 Å². The Morgan fingerprint density at radius 3 is 1.96 bits per heavy atom. The molecule has 1 heterocycles. The first-order valence-corrected chi connectivity index (χ1v) is 8.29. The number of benzene rings is 1. The second kappa shape index (κ2) is 8.75. The largest absolute Gasteiger partial charge is 0.350 e. The number of carbonyl (C=O) groups is 3. The number of hydrogen-bond acceptors (Lipinski definition) is 4. The van der Waals surface area contributed by atoms with Crippen LogP contribution in [0, 0.1) is 5.92 Å². The van der Waals surface area contributed by atoms with E-state index in [0.717, 1.165) is 0 Å². The van der Waals surface area contributed by atoms with Crippen molar-refractivity contribution >= 4 is 29.1 Å². The van der Waals surface area contributed by atoms with E-state index in [2.05, 4.69) is 20.9 Å². The van der Waals surface area contributed by atoms with E-state index in [1.54, 1.807) is 42.5 Å². The summed E-state index contributed by atoms with van der Waals surface area (Å²) in [5, 5.41) is 8.13. The third kappa shape index (κ3) is 5.70. The minimum atomic E-state index is -0.421. The standard InChI is InChI=1S/C19H22N4O3/c1-12(2)11-20-18(25)16-5-4-6-17(23-16)19(26)22-15-9-7-14(8-10-15)21-13(3)24/h4-10,12H,11H2,1-3H3,(H,20,25)(H,21,24)(H,22,26). The SMILES string of the molecule is CC(=O)Nc1ccc(NC(=O)c2cccc(C(=O)NCC(C)C)n2)cc1. The lowest BCUT2D eigenvalue weighted by Crippen LogP contribution is -2.28. The lowest BCUT2D eigenvalue weighted by atomic mass is 10.2. The molecule has 2 rings (SSSR count). The molecule has 0 atom stereocenters. The zero-order valence-corrected chi connectivity index (χ0v) is 15.0. The van der Waals surface area contributed by atoms with Crippen LogP contribution in [0.5, 0.6) is 0 Å². The summed E-state index contributed by atoms with van der Waals surface area (Å²) in [6.07, 6.45) is 0. The van der Waals surface area contributed by atoms with Crippen LogP contribution >= 0.6 is 0 Å². The van der Waals surface area contributed by atoms with Gasteiger partial charge in [-0.25, -0.2) is 4.98 Å². The van der Waals surface area contributed by atoms with Gasteiger partial charge in [-0.3, -0.25) is 14.4 Å². The molecule has 3 amide bonds. The number of rotatable bonds is 6. The zero-order valence-electron chi connectivity index (χ0n) is 15.0. The van der Waals surface area contributed by atoms with Crippen LogP contribution in [0.25, 0.3) is 0 Å². The molecule has 3 N–H and O–H groups in total. The van der Waals surface area contributed by atoms with Gasteiger partial charge in [-0.1, -0.05) is 19.9 Å². The summed E-state index contributed by atoms with van der Waals surface area (Å²) in [7, 11) is 0. The highest BCUT2D eigenvalue weighted by molar-refractivity contribution is 6.04. The van der Waals surface area contributed by atoms with Crippen molar-refractivity contribution < 1.29 is 14.4 Å². The van der Waals surface area contributed by atoms with Gasteiger partial charge in [0.25, 0.3) is 11.8 Å². The van der Waals surface area contributed by atoms with Crippen molar-refractivity contribution in [1.82, 2.24) is 10.3 Å². The molecule has 1 aromatic carbocycles. The lowest BCUT2D eigenvalue weighted by molar-refractivity contribution is -0.114. The summed E-state index contributed by atoms with van der Waals surface area (Å²) < 4.78 is 0. The van der Waals surface area contributed by atoms with Crippen LogP contribution < -0.4 is 16.0 Å². The molecular formula is C19H22N4O3. The number of amides is 3. The Kier molecular flexibility index (Phi) is 6.43. The maximum Gasteiger partial charge on any atom is 0.274 e. The highest BCUT2D eigenvalue weighted by Gasteiger charge is 2.13. The van der Waals surface area contributed by atoms with Gasteiger partial charge in [0.15, 0.2) is 0 Å². The van der Waals surface area contributed by atoms with Crippen LogP contribution in [-0.2, 0) is 4.79 Å². The number of nitrogens with one attached hydrogen (secondary N) is 3. The molecule has 0 fully saturated rings. The summed E-state index contributed by atoms with van der Waals surface area (Å²) in [5.41, 5.74) is 1.53. The summed E-state index contributed by atoms with van der Waals surface area (Å²) in [6, 6.07) is 11.4. The van der Waals surface area contributed by atoms with Crippen LogP contribution in [0.4, 0.5) is 11.4 Å². The maximum atomic E-state index is 12.3. The topological polar surface area (TPSA) is 100 Å². The van der Waals surface area contributed by atoms with Crippen molar-refractivity contribution in [3.05, 3.63) is 53.9 Å². The summed E-state index contributed by atoms with van der Waals surface area (Å²) in [6.45, 7) is 5.95. The Labute approximate surface area is 152 Å². The van der Waals surface area contributed by atoms with Gasteiger partial charge < -0.3 is 16.0 Å². The van der Waals surface area contributed by atoms with E-state index >= 15 is 0 Å². The zero-order chi connectivity index (χ0) is 19.1. The summed E-state index contributed by atoms with van der Waals surface area (Å²) in [4.78, 5) is 39.5. The molecule has 7 heteroatoms. The fourth-order valence-electron chi connectivity index (χ4n) is 2.11. The Hall–Kier alpha value is -3.22. The molecule has 1 aromatic heterocycles. The van der Waals surface area contributed by atoms with Crippen LogP contribution in [-0.4, -0.2) is 29.3 Å². The number of pyridine rings is 1. The predicted molar refractivity (Wildman–Crippen MR) is 100 cm³/mol. The molecule has 0 spiro atoms. The molecule has 0 saturated carbocycles. The minimum Gasteiger partial charge on any atom is -0.350 e. The molecule has 0 bridgehead atoms. The molecule has 0 aliphatic rings.